The molecule has 0 saturated carbocycles. The first-order chi connectivity index (χ1) is 11.7. The molecule has 1 fully saturated rings. The highest BCUT2D eigenvalue weighted by molar-refractivity contribution is 14.0. The molecule has 0 radical (unpaired) electrons. The average Bonchev–Trinajstić information content (AvgIpc) is 3.20. The van der Waals surface area contributed by atoms with Gasteiger partial charge in [0, 0.05) is 46.6 Å². The third-order valence-electron chi connectivity index (χ3n) is 3.80. The summed E-state index contributed by atoms with van der Waals surface area (Å²) in [6.07, 6.45) is 3.93. The number of thiophene rings is 1. The van der Waals surface area contributed by atoms with Gasteiger partial charge in [-0.05, 0) is 28.9 Å². The van der Waals surface area contributed by atoms with Gasteiger partial charge in [0.05, 0.1) is 25.9 Å². The van der Waals surface area contributed by atoms with Gasteiger partial charge in [0.2, 0.25) is 0 Å². The Balaban J connectivity index is 0.00000225. The quantitative estimate of drug-likeness (QED) is 0.367. The van der Waals surface area contributed by atoms with Crippen LogP contribution in [0.1, 0.15) is 23.5 Å². The Kier molecular flexibility index (Phi) is 8.17. The number of aromatic nitrogens is 2. The molecule has 3 rings (SSSR count). The summed E-state index contributed by atoms with van der Waals surface area (Å²) in [6, 6.07) is 2.12. The van der Waals surface area contributed by atoms with Crippen molar-refractivity contribution < 1.29 is 4.74 Å². The molecule has 0 amide bonds. The lowest BCUT2D eigenvalue weighted by Crippen LogP contribution is -2.48. The summed E-state index contributed by atoms with van der Waals surface area (Å²) in [6.45, 7) is 5.95. The van der Waals surface area contributed by atoms with E-state index in [1.54, 1.807) is 11.3 Å². The molecule has 1 aliphatic rings. The Morgan fingerprint density at radius 3 is 3.04 bits per heavy atom. The minimum absolute atomic E-state index is 0. The zero-order chi connectivity index (χ0) is 16.9. The van der Waals surface area contributed by atoms with Gasteiger partial charge >= 0.3 is 0 Å². The molecule has 0 bridgehead atoms. The molecular formula is C16H23BrIN5OS. The van der Waals surface area contributed by atoms with Gasteiger partial charge in [-0.15, -0.1) is 35.3 Å². The third-order valence-corrected chi connectivity index (χ3v) is 5.49. The minimum Gasteiger partial charge on any atom is -0.370 e. The van der Waals surface area contributed by atoms with Crippen molar-refractivity contribution in [3.8, 4) is 0 Å². The number of aryl methyl sites for hydroxylation is 1. The maximum absolute atomic E-state index is 5.92. The van der Waals surface area contributed by atoms with Crippen molar-refractivity contribution in [2.45, 2.75) is 19.6 Å². The van der Waals surface area contributed by atoms with Crippen molar-refractivity contribution in [3.05, 3.63) is 38.8 Å². The molecule has 0 spiro atoms. The molecule has 3 heterocycles. The van der Waals surface area contributed by atoms with E-state index in [-0.39, 0.29) is 30.1 Å². The number of nitrogens with zero attached hydrogens (tertiary/aromatic N) is 4. The van der Waals surface area contributed by atoms with Crippen molar-refractivity contribution in [2.75, 3.05) is 26.2 Å². The molecule has 25 heavy (non-hydrogen) atoms. The normalized spacial score (nSPS) is 18.1. The predicted octanol–water partition coefficient (Wildman–Crippen LogP) is 3.40. The molecule has 0 aliphatic carbocycles. The van der Waals surface area contributed by atoms with Crippen LogP contribution >= 0.6 is 51.2 Å². The second kappa shape index (κ2) is 9.89. The molecule has 0 aromatic carbocycles. The smallest absolute Gasteiger partial charge is 0.194 e. The topological polar surface area (TPSA) is 54.7 Å². The highest BCUT2D eigenvalue weighted by atomic mass is 127. The minimum atomic E-state index is 0. The van der Waals surface area contributed by atoms with Crippen LogP contribution in [-0.4, -0.2) is 46.9 Å². The summed E-state index contributed by atoms with van der Waals surface area (Å²) >= 11 is 5.21. The molecule has 2 aromatic heterocycles. The zero-order valence-corrected chi connectivity index (χ0v) is 19.0. The van der Waals surface area contributed by atoms with E-state index in [0.717, 1.165) is 35.6 Å². The van der Waals surface area contributed by atoms with Crippen molar-refractivity contribution in [3.63, 3.8) is 0 Å². The first-order valence-electron chi connectivity index (χ1n) is 8.02. The second-order valence-corrected chi connectivity index (χ2v) is 7.57. The number of hydrogen-bond acceptors (Lipinski definition) is 4. The first kappa shape index (κ1) is 20.7. The lowest BCUT2D eigenvalue weighted by atomic mass is 10.1. The van der Waals surface area contributed by atoms with Gasteiger partial charge < -0.3 is 15.0 Å². The van der Waals surface area contributed by atoms with E-state index in [1.165, 1.54) is 4.88 Å². The number of morpholine rings is 1. The maximum Gasteiger partial charge on any atom is 0.194 e. The van der Waals surface area contributed by atoms with Crippen molar-refractivity contribution in [1.29, 1.82) is 0 Å². The highest BCUT2D eigenvalue weighted by Crippen LogP contribution is 2.23. The van der Waals surface area contributed by atoms with E-state index in [2.05, 4.69) is 49.6 Å². The number of aliphatic imine (C=N–C) groups is 1. The summed E-state index contributed by atoms with van der Waals surface area (Å²) < 4.78 is 8.85. The van der Waals surface area contributed by atoms with Gasteiger partial charge in [0.25, 0.3) is 0 Å². The average molecular weight is 540 g/mol. The van der Waals surface area contributed by atoms with Gasteiger partial charge in [0.15, 0.2) is 5.96 Å². The van der Waals surface area contributed by atoms with Crippen molar-refractivity contribution >= 4 is 57.2 Å². The van der Waals surface area contributed by atoms with Gasteiger partial charge in [-0.25, -0.2) is 4.99 Å². The van der Waals surface area contributed by atoms with Gasteiger partial charge in [-0.1, -0.05) is 0 Å². The fourth-order valence-corrected chi connectivity index (χ4v) is 4.04. The number of ether oxygens (including phenoxy) is 1. The van der Waals surface area contributed by atoms with Gasteiger partial charge in [-0.2, -0.15) is 5.10 Å². The Hall–Kier alpha value is -0.650. The van der Waals surface area contributed by atoms with Crippen LogP contribution in [0, 0.1) is 0 Å². The van der Waals surface area contributed by atoms with Crippen LogP contribution in [0.15, 0.2) is 33.3 Å². The monoisotopic (exact) mass is 539 g/mol. The SMILES string of the molecule is CCNC(=NCc1cc(Br)cs1)N1CCOC(c2cnn(C)c2)C1.I. The number of halogens is 2. The Morgan fingerprint density at radius 2 is 2.40 bits per heavy atom. The number of guanidine groups is 1. The van der Waals surface area contributed by atoms with Gasteiger partial charge in [0.1, 0.15) is 6.10 Å². The lowest BCUT2D eigenvalue weighted by Gasteiger charge is -2.34. The van der Waals surface area contributed by atoms with Crippen molar-refractivity contribution in [2.24, 2.45) is 12.0 Å². The van der Waals surface area contributed by atoms with Crippen LogP contribution in [-0.2, 0) is 18.3 Å². The summed E-state index contributed by atoms with van der Waals surface area (Å²) in [7, 11) is 1.93. The summed E-state index contributed by atoms with van der Waals surface area (Å²) in [5, 5.41) is 9.73. The number of hydrogen-bond donors (Lipinski definition) is 1. The molecular weight excluding hydrogens is 517 g/mol. The molecule has 6 nitrogen and oxygen atoms in total. The van der Waals surface area contributed by atoms with E-state index in [9.17, 15) is 0 Å². The zero-order valence-electron chi connectivity index (χ0n) is 14.3. The van der Waals surface area contributed by atoms with Crippen LogP contribution in [0.25, 0.3) is 0 Å². The third kappa shape index (κ3) is 5.66. The molecule has 1 N–H and O–H groups in total. The van der Waals surface area contributed by atoms with Crippen LogP contribution < -0.4 is 5.32 Å². The molecule has 1 atom stereocenters. The molecule has 9 heteroatoms. The number of rotatable bonds is 4. The van der Waals surface area contributed by atoms with Gasteiger partial charge in [-0.3, -0.25) is 4.68 Å². The summed E-state index contributed by atoms with van der Waals surface area (Å²) in [5.74, 6) is 0.944. The molecule has 1 aliphatic heterocycles. The lowest BCUT2D eigenvalue weighted by molar-refractivity contribution is -0.00805. The summed E-state index contributed by atoms with van der Waals surface area (Å²) in [5.41, 5.74) is 1.11. The fraction of sp³-hybridized carbons (Fsp3) is 0.500. The second-order valence-electron chi connectivity index (χ2n) is 5.65. The van der Waals surface area contributed by atoms with E-state index < -0.39 is 0 Å². The molecule has 138 valence electrons. The summed E-state index contributed by atoms with van der Waals surface area (Å²) in [4.78, 5) is 8.31. The molecule has 2 aromatic rings. The molecule has 1 unspecified atom stereocenters. The predicted molar refractivity (Wildman–Crippen MR) is 116 cm³/mol. The highest BCUT2D eigenvalue weighted by Gasteiger charge is 2.25. The van der Waals surface area contributed by atoms with Crippen LogP contribution in [0.3, 0.4) is 0 Å². The largest absolute Gasteiger partial charge is 0.370 e. The Morgan fingerprint density at radius 1 is 1.56 bits per heavy atom. The number of nitrogens with one attached hydrogen (secondary N) is 1. The van der Waals surface area contributed by atoms with E-state index >= 15 is 0 Å². The Bertz CT molecular complexity index is 704. The Labute approximate surface area is 177 Å². The van der Waals surface area contributed by atoms with Crippen LogP contribution in [0.2, 0.25) is 0 Å². The maximum atomic E-state index is 5.92. The van der Waals surface area contributed by atoms with Crippen LogP contribution in [0.5, 0.6) is 0 Å². The van der Waals surface area contributed by atoms with E-state index in [0.29, 0.717) is 13.2 Å². The van der Waals surface area contributed by atoms with E-state index in [4.69, 9.17) is 9.73 Å². The van der Waals surface area contributed by atoms with Crippen LogP contribution in [0.4, 0.5) is 0 Å². The van der Waals surface area contributed by atoms with E-state index in [1.807, 2.05) is 24.1 Å². The van der Waals surface area contributed by atoms with Crippen molar-refractivity contribution in [1.82, 2.24) is 20.0 Å². The first-order valence-corrected chi connectivity index (χ1v) is 9.69. The standard InChI is InChI=1S/C16H22BrN5OS.HI/c1-3-18-16(19-8-14-6-13(17)11-24-14)22-4-5-23-15(10-22)12-7-20-21(2)9-12;/h6-7,9,11,15H,3-5,8,10H2,1-2H3,(H,18,19);1H. The molecule has 1 saturated heterocycles. The fourth-order valence-electron chi connectivity index (χ4n) is 2.67.